The zero-order chi connectivity index (χ0) is 13.1. The normalized spacial score (nSPS) is 16.3. The number of anilines is 1. The van der Waals surface area contributed by atoms with Crippen molar-refractivity contribution in [2.45, 2.75) is 12.5 Å². The van der Waals surface area contributed by atoms with Crippen molar-refractivity contribution < 1.29 is 4.74 Å². The Labute approximate surface area is 112 Å². The molecule has 1 heterocycles. The number of benzene rings is 2. The van der Waals surface area contributed by atoms with Crippen LogP contribution in [-0.2, 0) is 6.42 Å². The molecule has 3 rings (SSSR count). The number of rotatable bonds is 3. The molecule has 0 aliphatic carbocycles. The van der Waals surface area contributed by atoms with Crippen LogP contribution in [0, 0.1) is 11.3 Å². The van der Waals surface area contributed by atoms with Crippen molar-refractivity contribution in [2.75, 3.05) is 11.9 Å². The van der Waals surface area contributed by atoms with Crippen LogP contribution in [-0.4, -0.2) is 12.6 Å². The van der Waals surface area contributed by atoms with Gasteiger partial charge in [0.15, 0.2) is 0 Å². The third kappa shape index (κ3) is 2.53. The molecule has 0 amide bonds. The number of hydrogen-bond donors (Lipinski definition) is 1. The van der Waals surface area contributed by atoms with Crippen LogP contribution < -0.4 is 10.1 Å². The number of fused-ring (bicyclic) bond motifs is 1. The predicted octanol–water partition coefficient (Wildman–Crippen LogP) is 2.97. The van der Waals surface area contributed by atoms with Crippen LogP contribution in [0.2, 0.25) is 0 Å². The number of nitrogens with one attached hydrogen (secondary N) is 1. The quantitative estimate of drug-likeness (QED) is 0.910. The molecule has 1 atom stereocenters. The first-order valence-electron chi connectivity index (χ1n) is 6.34. The SMILES string of the molecule is N#Cc1cccc(NCC2Cc3ccccc3O2)c1. The first-order chi connectivity index (χ1) is 9.35. The summed E-state index contributed by atoms with van der Waals surface area (Å²) in [6.45, 7) is 0.740. The summed E-state index contributed by atoms with van der Waals surface area (Å²) in [6.07, 6.45) is 1.09. The Hall–Kier alpha value is -2.47. The Morgan fingerprint density at radius 3 is 2.95 bits per heavy atom. The lowest BCUT2D eigenvalue weighted by molar-refractivity contribution is 0.246. The molecule has 3 nitrogen and oxygen atoms in total. The predicted molar refractivity (Wildman–Crippen MR) is 74.2 cm³/mol. The zero-order valence-corrected chi connectivity index (χ0v) is 10.5. The molecule has 0 fully saturated rings. The van der Waals surface area contributed by atoms with E-state index in [1.807, 2.05) is 36.4 Å². The molecule has 3 heteroatoms. The molecule has 94 valence electrons. The molecular weight excluding hydrogens is 236 g/mol. The monoisotopic (exact) mass is 250 g/mol. The number of nitrogens with zero attached hydrogens (tertiary/aromatic N) is 1. The molecule has 19 heavy (non-hydrogen) atoms. The van der Waals surface area contributed by atoms with E-state index in [1.54, 1.807) is 6.07 Å². The zero-order valence-electron chi connectivity index (χ0n) is 10.5. The topological polar surface area (TPSA) is 45.0 Å². The van der Waals surface area contributed by atoms with Gasteiger partial charge in [0.1, 0.15) is 11.9 Å². The maximum Gasteiger partial charge on any atom is 0.123 e. The van der Waals surface area contributed by atoms with Gasteiger partial charge in [0.05, 0.1) is 18.2 Å². The fourth-order valence-electron chi connectivity index (χ4n) is 2.30. The molecule has 0 radical (unpaired) electrons. The van der Waals surface area contributed by atoms with E-state index in [4.69, 9.17) is 10.00 Å². The Morgan fingerprint density at radius 2 is 2.11 bits per heavy atom. The van der Waals surface area contributed by atoms with Crippen molar-refractivity contribution in [1.29, 1.82) is 5.26 Å². The average molecular weight is 250 g/mol. The van der Waals surface area contributed by atoms with Gasteiger partial charge in [0.2, 0.25) is 0 Å². The summed E-state index contributed by atoms with van der Waals surface area (Å²) in [5.74, 6) is 0.986. The lowest BCUT2D eigenvalue weighted by Gasteiger charge is -2.13. The van der Waals surface area contributed by atoms with Gasteiger partial charge < -0.3 is 10.1 Å². The van der Waals surface area contributed by atoms with Crippen molar-refractivity contribution in [1.82, 2.24) is 0 Å². The summed E-state index contributed by atoms with van der Waals surface area (Å²) in [4.78, 5) is 0. The van der Waals surface area contributed by atoms with E-state index in [9.17, 15) is 0 Å². The van der Waals surface area contributed by atoms with Gasteiger partial charge in [-0.25, -0.2) is 0 Å². The second kappa shape index (κ2) is 5.03. The molecule has 0 aromatic heterocycles. The van der Waals surface area contributed by atoms with Gasteiger partial charge in [-0.15, -0.1) is 0 Å². The van der Waals surface area contributed by atoms with Gasteiger partial charge in [0.25, 0.3) is 0 Å². The van der Waals surface area contributed by atoms with Crippen LogP contribution in [0.1, 0.15) is 11.1 Å². The fourth-order valence-corrected chi connectivity index (χ4v) is 2.30. The number of hydrogen-bond acceptors (Lipinski definition) is 3. The molecule has 0 bridgehead atoms. The number of para-hydroxylation sites is 1. The molecule has 2 aromatic carbocycles. The first-order valence-corrected chi connectivity index (χ1v) is 6.34. The van der Waals surface area contributed by atoms with Crippen LogP contribution in [0.3, 0.4) is 0 Å². The van der Waals surface area contributed by atoms with Crippen molar-refractivity contribution in [3.8, 4) is 11.8 Å². The summed E-state index contributed by atoms with van der Waals surface area (Å²) in [5, 5.41) is 12.2. The van der Waals surface area contributed by atoms with Gasteiger partial charge >= 0.3 is 0 Å². The van der Waals surface area contributed by atoms with Gasteiger partial charge in [-0.1, -0.05) is 24.3 Å². The van der Waals surface area contributed by atoms with Crippen LogP contribution >= 0.6 is 0 Å². The van der Waals surface area contributed by atoms with E-state index >= 15 is 0 Å². The second-order valence-corrected chi connectivity index (χ2v) is 4.63. The molecule has 2 aromatic rings. The Morgan fingerprint density at radius 1 is 1.21 bits per heavy atom. The van der Waals surface area contributed by atoms with E-state index in [-0.39, 0.29) is 6.10 Å². The highest BCUT2D eigenvalue weighted by Crippen LogP contribution is 2.28. The summed E-state index contributed by atoms with van der Waals surface area (Å²) >= 11 is 0. The van der Waals surface area contributed by atoms with Crippen LogP contribution in [0.4, 0.5) is 5.69 Å². The van der Waals surface area contributed by atoms with E-state index in [0.717, 1.165) is 24.4 Å². The highest BCUT2D eigenvalue weighted by molar-refractivity contribution is 5.49. The first kappa shape index (κ1) is 11.6. The highest BCUT2D eigenvalue weighted by Gasteiger charge is 2.21. The van der Waals surface area contributed by atoms with Crippen molar-refractivity contribution in [3.63, 3.8) is 0 Å². The standard InChI is InChI=1S/C16H14N2O/c17-10-12-4-3-6-14(8-12)18-11-15-9-13-5-1-2-7-16(13)19-15/h1-8,15,18H,9,11H2. The lowest BCUT2D eigenvalue weighted by atomic mass is 10.1. The maximum absolute atomic E-state index is 8.86. The molecule has 1 aliphatic rings. The van der Waals surface area contributed by atoms with E-state index in [1.165, 1.54) is 5.56 Å². The van der Waals surface area contributed by atoms with Crippen molar-refractivity contribution in [3.05, 3.63) is 59.7 Å². The summed E-state index contributed by atoms with van der Waals surface area (Å²) in [5.41, 5.74) is 2.89. The van der Waals surface area contributed by atoms with Crippen molar-refractivity contribution in [2.24, 2.45) is 0 Å². The maximum atomic E-state index is 8.86. The number of ether oxygens (including phenoxy) is 1. The smallest absolute Gasteiger partial charge is 0.123 e. The molecule has 1 unspecified atom stereocenters. The minimum atomic E-state index is 0.156. The van der Waals surface area contributed by atoms with Gasteiger partial charge in [-0.2, -0.15) is 5.26 Å². The summed E-state index contributed by atoms with van der Waals surface area (Å²) in [6, 6.07) is 17.8. The van der Waals surface area contributed by atoms with Gasteiger partial charge in [0, 0.05) is 12.1 Å². The average Bonchev–Trinajstić information content (AvgIpc) is 2.88. The van der Waals surface area contributed by atoms with E-state index in [0.29, 0.717) is 5.56 Å². The van der Waals surface area contributed by atoms with Gasteiger partial charge in [-0.05, 0) is 29.8 Å². The van der Waals surface area contributed by atoms with Crippen molar-refractivity contribution >= 4 is 5.69 Å². The van der Waals surface area contributed by atoms with E-state index < -0.39 is 0 Å². The number of nitriles is 1. The largest absolute Gasteiger partial charge is 0.488 e. The Kier molecular flexibility index (Phi) is 3.07. The third-order valence-electron chi connectivity index (χ3n) is 3.24. The van der Waals surface area contributed by atoms with Crippen LogP contribution in [0.15, 0.2) is 48.5 Å². The molecule has 1 aliphatic heterocycles. The van der Waals surface area contributed by atoms with Gasteiger partial charge in [-0.3, -0.25) is 0 Å². The Balaban J connectivity index is 1.61. The molecule has 0 saturated heterocycles. The lowest BCUT2D eigenvalue weighted by Crippen LogP contribution is -2.23. The summed E-state index contributed by atoms with van der Waals surface area (Å²) < 4.78 is 5.86. The molecule has 0 saturated carbocycles. The molecule has 1 N–H and O–H groups in total. The summed E-state index contributed by atoms with van der Waals surface area (Å²) in [7, 11) is 0. The molecular formula is C16H14N2O. The Bertz CT molecular complexity index is 606. The van der Waals surface area contributed by atoms with Crippen LogP contribution in [0.5, 0.6) is 5.75 Å². The fraction of sp³-hybridized carbons (Fsp3) is 0.188. The molecule has 0 spiro atoms. The third-order valence-corrected chi connectivity index (χ3v) is 3.24. The van der Waals surface area contributed by atoms with E-state index in [2.05, 4.69) is 17.5 Å². The van der Waals surface area contributed by atoms with Crippen LogP contribution in [0.25, 0.3) is 0 Å². The second-order valence-electron chi connectivity index (χ2n) is 4.63. The highest BCUT2D eigenvalue weighted by atomic mass is 16.5. The minimum Gasteiger partial charge on any atom is -0.488 e. The minimum absolute atomic E-state index is 0.156.